The first-order valence-corrected chi connectivity index (χ1v) is 11.5. The summed E-state index contributed by atoms with van der Waals surface area (Å²) in [5.41, 5.74) is 0.665. The fourth-order valence-corrected chi connectivity index (χ4v) is 5.47. The molecular formula is C18H20N6O3S2. The Labute approximate surface area is 172 Å². The molecule has 0 bridgehead atoms. The maximum Gasteiger partial charge on any atom is 0.243 e. The molecule has 0 saturated carbocycles. The number of nitrogens with one attached hydrogen (secondary N) is 1. The molecule has 152 valence electrons. The molecule has 1 fully saturated rings. The first-order chi connectivity index (χ1) is 14.0. The summed E-state index contributed by atoms with van der Waals surface area (Å²) in [5, 5.41) is 15.8. The Morgan fingerprint density at radius 3 is 2.76 bits per heavy atom. The number of rotatable bonds is 6. The van der Waals surface area contributed by atoms with Crippen LogP contribution in [0, 0.1) is 5.92 Å². The predicted octanol–water partition coefficient (Wildman–Crippen LogP) is 1.44. The van der Waals surface area contributed by atoms with E-state index in [1.54, 1.807) is 23.5 Å². The molecule has 29 heavy (non-hydrogen) atoms. The van der Waals surface area contributed by atoms with E-state index in [9.17, 15) is 13.2 Å². The highest BCUT2D eigenvalue weighted by Crippen LogP contribution is 2.24. The molecular weight excluding hydrogens is 412 g/mol. The summed E-state index contributed by atoms with van der Waals surface area (Å²) < 4.78 is 28.9. The average molecular weight is 433 g/mol. The molecule has 0 spiro atoms. The van der Waals surface area contributed by atoms with Gasteiger partial charge in [0, 0.05) is 18.0 Å². The number of carbonyl (C=O) groups is 1. The van der Waals surface area contributed by atoms with Crippen LogP contribution in [-0.2, 0) is 21.4 Å². The van der Waals surface area contributed by atoms with E-state index in [0.717, 1.165) is 4.88 Å². The van der Waals surface area contributed by atoms with Crippen LogP contribution in [0.5, 0.6) is 0 Å². The number of hydrogen-bond acceptors (Lipinski definition) is 7. The minimum Gasteiger partial charge on any atom is -0.351 e. The lowest BCUT2D eigenvalue weighted by Gasteiger charge is -2.31. The maximum absolute atomic E-state index is 13.0. The normalized spacial score (nSPS) is 17.9. The lowest BCUT2D eigenvalue weighted by atomic mass is 9.99. The highest BCUT2D eigenvalue weighted by molar-refractivity contribution is 7.89. The van der Waals surface area contributed by atoms with Crippen molar-refractivity contribution >= 4 is 27.3 Å². The molecule has 1 amide bonds. The summed E-state index contributed by atoms with van der Waals surface area (Å²) in [4.78, 5) is 13.8. The predicted molar refractivity (Wildman–Crippen MR) is 107 cm³/mol. The van der Waals surface area contributed by atoms with Crippen LogP contribution in [0.3, 0.4) is 0 Å². The van der Waals surface area contributed by atoms with E-state index in [2.05, 4.69) is 20.8 Å². The van der Waals surface area contributed by atoms with E-state index < -0.39 is 10.0 Å². The van der Waals surface area contributed by atoms with Crippen molar-refractivity contribution in [2.45, 2.75) is 24.3 Å². The lowest BCUT2D eigenvalue weighted by Crippen LogP contribution is -2.45. The summed E-state index contributed by atoms with van der Waals surface area (Å²) in [6, 6.07) is 10.3. The van der Waals surface area contributed by atoms with Crippen molar-refractivity contribution in [1.29, 1.82) is 0 Å². The molecule has 1 saturated heterocycles. The fourth-order valence-electron chi connectivity index (χ4n) is 3.31. The molecule has 1 aliphatic rings. The van der Waals surface area contributed by atoms with Crippen molar-refractivity contribution in [1.82, 2.24) is 29.8 Å². The van der Waals surface area contributed by atoms with Crippen molar-refractivity contribution in [3.05, 3.63) is 53.0 Å². The largest absolute Gasteiger partial charge is 0.351 e. The van der Waals surface area contributed by atoms with Gasteiger partial charge >= 0.3 is 0 Å². The quantitative estimate of drug-likeness (QED) is 0.631. The zero-order valence-electron chi connectivity index (χ0n) is 15.5. The van der Waals surface area contributed by atoms with Gasteiger partial charge in [0.1, 0.15) is 6.33 Å². The molecule has 0 radical (unpaired) electrons. The van der Waals surface area contributed by atoms with E-state index in [1.807, 2.05) is 17.5 Å². The van der Waals surface area contributed by atoms with Crippen molar-refractivity contribution in [2.24, 2.45) is 5.92 Å². The summed E-state index contributed by atoms with van der Waals surface area (Å²) in [5.74, 6) is -0.452. The van der Waals surface area contributed by atoms with E-state index in [0.29, 0.717) is 31.6 Å². The van der Waals surface area contributed by atoms with Gasteiger partial charge in [-0.2, -0.15) is 4.31 Å². The van der Waals surface area contributed by atoms with E-state index >= 15 is 0 Å². The van der Waals surface area contributed by atoms with Crippen LogP contribution in [-0.4, -0.2) is 51.9 Å². The van der Waals surface area contributed by atoms with Gasteiger partial charge in [-0.05, 0) is 59.0 Å². The number of nitrogens with zero attached hydrogens (tertiary/aromatic N) is 5. The standard InChI is InChI=1S/C18H20N6O3S2/c25-18(19-11-16-4-2-10-28-16)14-3-1-9-23(12-14)29(26,27)17-7-5-15(6-8-17)24-13-20-21-22-24/h2,4-8,10,13-14H,1,3,9,11-12H2,(H,19,25). The average Bonchev–Trinajstić information content (AvgIpc) is 3.46. The Kier molecular flexibility index (Phi) is 5.69. The van der Waals surface area contributed by atoms with Crippen molar-refractivity contribution < 1.29 is 13.2 Å². The number of piperidine rings is 1. The van der Waals surface area contributed by atoms with Crippen LogP contribution in [0.2, 0.25) is 0 Å². The second-order valence-electron chi connectivity index (χ2n) is 6.75. The Bertz CT molecular complexity index is 1050. The molecule has 11 heteroatoms. The van der Waals surface area contributed by atoms with Gasteiger partial charge in [0.15, 0.2) is 0 Å². The van der Waals surface area contributed by atoms with Gasteiger partial charge in [0.25, 0.3) is 0 Å². The fraction of sp³-hybridized carbons (Fsp3) is 0.333. The molecule has 4 rings (SSSR count). The molecule has 9 nitrogen and oxygen atoms in total. The molecule has 1 aliphatic heterocycles. The smallest absolute Gasteiger partial charge is 0.243 e. The summed E-state index contributed by atoms with van der Waals surface area (Å²) in [6.07, 6.45) is 2.77. The number of amides is 1. The topological polar surface area (TPSA) is 110 Å². The van der Waals surface area contributed by atoms with Crippen molar-refractivity contribution in [3.8, 4) is 5.69 Å². The zero-order chi connectivity index (χ0) is 20.3. The minimum absolute atomic E-state index is 0.104. The molecule has 3 aromatic rings. The SMILES string of the molecule is O=C(NCc1cccs1)C1CCCN(S(=O)(=O)c2ccc(-n3cnnn3)cc2)C1. The highest BCUT2D eigenvalue weighted by atomic mass is 32.2. The number of aromatic nitrogens is 4. The summed E-state index contributed by atoms with van der Waals surface area (Å²) in [6.45, 7) is 1.07. The van der Waals surface area contributed by atoms with Crippen molar-refractivity contribution in [2.75, 3.05) is 13.1 Å². The third kappa shape index (κ3) is 4.36. The first-order valence-electron chi connectivity index (χ1n) is 9.18. The Balaban J connectivity index is 1.43. The number of sulfonamides is 1. The molecule has 1 N–H and O–H groups in total. The van der Waals surface area contributed by atoms with Crippen LogP contribution in [0.25, 0.3) is 5.69 Å². The second kappa shape index (κ2) is 8.39. The monoisotopic (exact) mass is 432 g/mol. The third-order valence-corrected chi connectivity index (χ3v) is 7.62. The zero-order valence-corrected chi connectivity index (χ0v) is 17.1. The molecule has 1 atom stereocenters. The summed E-state index contributed by atoms with van der Waals surface area (Å²) in [7, 11) is -3.68. The van der Waals surface area contributed by atoms with Gasteiger partial charge in [-0.15, -0.1) is 16.4 Å². The van der Waals surface area contributed by atoms with E-state index in [4.69, 9.17) is 0 Å². The molecule has 0 aliphatic carbocycles. The van der Waals surface area contributed by atoms with Gasteiger partial charge in [-0.25, -0.2) is 13.1 Å². The second-order valence-corrected chi connectivity index (χ2v) is 9.72. The van der Waals surface area contributed by atoms with Gasteiger partial charge in [0.05, 0.1) is 23.0 Å². The lowest BCUT2D eigenvalue weighted by molar-refractivity contribution is -0.126. The molecule has 2 aromatic heterocycles. The van der Waals surface area contributed by atoms with Gasteiger partial charge < -0.3 is 5.32 Å². The number of tetrazole rings is 1. The minimum atomic E-state index is -3.68. The Morgan fingerprint density at radius 2 is 2.07 bits per heavy atom. The number of benzene rings is 1. The number of hydrogen-bond donors (Lipinski definition) is 1. The van der Waals surface area contributed by atoms with Crippen LogP contribution in [0.15, 0.2) is 53.0 Å². The van der Waals surface area contributed by atoms with Gasteiger partial charge in [0.2, 0.25) is 15.9 Å². The van der Waals surface area contributed by atoms with Crippen LogP contribution >= 0.6 is 11.3 Å². The summed E-state index contributed by atoms with van der Waals surface area (Å²) >= 11 is 1.58. The molecule has 1 aromatic carbocycles. The van der Waals surface area contributed by atoms with Crippen molar-refractivity contribution in [3.63, 3.8) is 0 Å². The number of carbonyl (C=O) groups excluding carboxylic acids is 1. The van der Waals surface area contributed by atoms with Crippen LogP contribution < -0.4 is 5.32 Å². The number of thiophene rings is 1. The third-order valence-electron chi connectivity index (χ3n) is 4.86. The van der Waals surface area contributed by atoms with E-state index in [-0.39, 0.29) is 23.3 Å². The Hall–Kier alpha value is -2.63. The molecule has 1 unspecified atom stereocenters. The highest BCUT2D eigenvalue weighted by Gasteiger charge is 2.33. The van der Waals surface area contributed by atoms with Crippen LogP contribution in [0.4, 0.5) is 0 Å². The molecule has 3 heterocycles. The Morgan fingerprint density at radius 1 is 1.24 bits per heavy atom. The van der Waals surface area contributed by atoms with Gasteiger partial charge in [-0.1, -0.05) is 6.07 Å². The van der Waals surface area contributed by atoms with Crippen LogP contribution in [0.1, 0.15) is 17.7 Å². The first kappa shape index (κ1) is 19.7. The van der Waals surface area contributed by atoms with Gasteiger partial charge in [-0.3, -0.25) is 4.79 Å². The van der Waals surface area contributed by atoms with E-state index in [1.165, 1.54) is 27.4 Å². The maximum atomic E-state index is 13.0.